The Kier molecular flexibility index (Phi) is 6.82. The maximum atomic E-state index is 12.1. The lowest BCUT2D eigenvalue weighted by atomic mass is 10.1. The number of carbonyl (C=O) groups excluding carboxylic acids is 2. The second kappa shape index (κ2) is 9.52. The van der Waals surface area contributed by atoms with Gasteiger partial charge in [-0.3, -0.25) is 4.79 Å². The highest BCUT2D eigenvalue weighted by molar-refractivity contribution is 6.33. The van der Waals surface area contributed by atoms with Crippen molar-refractivity contribution in [3.63, 3.8) is 0 Å². The van der Waals surface area contributed by atoms with Crippen molar-refractivity contribution >= 4 is 34.9 Å². The van der Waals surface area contributed by atoms with Crippen molar-refractivity contribution in [2.24, 2.45) is 0 Å². The molecule has 0 aromatic heterocycles. The van der Waals surface area contributed by atoms with Crippen LogP contribution in [-0.4, -0.2) is 44.7 Å². The first-order valence-corrected chi connectivity index (χ1v) is 9.87. The molecule has 154 valence electrons. The van der Waals surface area contributed by atoms with Crippen LogP contribution < -0.4 is 25.6 Å². The van der Waals surface area contributed by atoms with Crippen molar-refractivity contribution in [1.29, 1.82) is 0 Å². The zero-order valence-electron chi connectivity index (χ0n) is 16.5. The molecule has 2 aromatic carbocycles. The average Bonchev–Trinajstić information content (AvgIpc) is 2.67. The standard InChI is InChI=1S/C21H25ClN4O3/c1-14-4-3-5-15(2)20(14)29-11-9-24-21(28)25-16-6-7-18(17(22)12-16)26-10-8-23-19(27)13-26/h3-7,12H,8-11,13H2,1-2H3,(H,23,27)(H2,24,25,28). The lowest BCUT2D eigenvalue weighted by Crippen LogP contribution is -2.47. The number of ether oxygens (including phenoxy) is 1. The minimum absolute atomic E-state index is 0.0306. The monoisotopic (exact) mass is 416 g/mol. The molecule has 1 aliphatic rings. The molecule has 2 aromatic rings. The zero-order valence-corrected chi connectivity index (χ0v) is 17.3. The number of aryl methyl sites for hydroxylation is 2. The number of rotatable bonds is 6. The number of carbonyl (C=O) groups is 2. The van der Waals surface area contributed by atoms with E-state index in [4.69, 9.17) is 16.3 Å². The second-order valence-corrected chi connectivity index (χ2v) is 7.30. The number of benzene rings is 2. The molecule has 0 bridgehead atoms. The van der Waals surface area contributed by atoms with E-state index in [0.29, 0.717) is 37.0 Å². The van der Waals surface area contributed by atoms with Gasteiger partial charge in [-0.05, 0) is 43.2 Å². The van der Waals surface area contributed by atoms with Gasteiger partial charge in [0.1, 0.15) is 12.4 Å². The molecule has 1 fully saturated rings. The van der Waals surface area contributed by atoms with Crippen LogP contribution in [0.5, 0.6) is 5.75 Å². The predicted molar refractivity (Wildman–Crippen MR) is 115 cm³/mol. The Morgan fingerprint density at radius 3 is 2.69 bits per heavy atom. The minimum Gasteiger partial charge on any atom is -0.491 e. The molecule has 1 aliphatic heterocycles. The van der Waals surface area contributed by atoms with Gasteiger partial charge >= 0.3 is 6.03 Å². The lowest BCUT2D eigenvalue weighted by molar-refractivity contribution is -0.120. The summed E-state index contributed by atoms with van der Waals surface area (Å²) in [5.74, 6) is 0.820. The average molecular weight is 417 g/mol. The Labute approximate surface area is 175 Å². The van der Waals surface area contributed by atoms with Crippen LogP contribution in [0.25, 0.3) is 0 Å². The molecule has 7 nitrogen and oxygen atoms in total. The molecule has 3 amide bonds. The lowest BCUT2D eigenvalue weighted by Gasteiger charge is -2.29. The van der Waals surface area contributed by atoms with E-state index in [1.165, 1.54) is 0 Å². The number of hydrogen-bond acceptors (Lipinski definition) is 4. The van der Waals surface area contributed by atoms with Crippen molar-refractivity contribution in [2.75, 3.05) is 43.0 Å². The van der Waals surface area contributed by atoms with Crippen LogP contribution in [0.3, 0.4) is 0 Å². The number of hydrogen-bond donors (Lipinski definition) is 3. The molecule has 0 radical (unpaired) electrons. The quantitative estimate of drug-likeness (QED) is 0.632. The number of piperazine rings is 1. The molecular weight excluding hydrogens is 392 g/mol. The highest BCUT2D eigenvalue weighted by Gasteiger charge is 2.18. The first kappa shape index (κ1) is 20.8. The van der Waals surface area contributed by atoms with E-state index in [0.717, 1.165) is 22.6 Å². The van der Waals surface area contributed by atoms with E-state index in [1.807, 2.05) is 36.9 Å². The first-order chi connectivity index (χ1) is 13.9. The van der Waals surface area contributed by atoms with Crippen molar-refractivity contribution < 1.29 is 14.3 Å². The second-order valence-electron chi connectivity index (χ2n) is 6.89. The van der Waals surface area contributed by atoms with Gasteiger partial charge in [-0.15, -0.1) is 0 Å². The summed E-state index contributed by atoms with van der Waals surface area (Å²) in [6.07, 6.45) is 0. The van der Waals surface area contributed by atoms with Gasteiger partial charge in [0.2, 0.25) is 5.91 Å². The molecule has 3 rings (SSSR count). The van der Waals surface area contributed by atoms with Crippen LogP contribution in [0.1, 0.15) is 11.1 Å². The normalized spacial score (nSPS) is 13.6. The summed E-state index contributed by atoms with van der Waals surface area (Å²) in [4.78, 5) is 25.6. The summed E-state index contributed by atoms with van der Waals surface area (Å²) in [6, 6.07) is 10.9. The number of anilines is 2. The van der Waals surface area contributed by atoms with Gasteiger partial charge in [0.15, 0.2) is 0 Å². The Balaban J connectivity index is 1.48. The largest absolute Gasteiger partial charge is 0.491 e. The van der Waals surface area contributed by atoms with Gasteiger partial charge < -0.3 is 25.6 Å². The van der Waals surface area contributed by atoms with Crippen molar-refractivity contribution in [3.8, 4) is 5.75 Å². The van der Waals surface area contributed by atoms with E-state index in [-0.39, 0.29) is 18.5 Å². The Hall–Kier alpha value is -2.93. The van der Waals surface area contributed by atoms with Crippen molar-refractivity contribution in [2.45, 2.75) is 13.8 Å². The molecule has 0 spiro atoms. The Morgan fingerprint density at radius 2 is 2.00 bits per heavy atom. The van der Waals surface area contributed by atoms with Crippen LogP contribution in [0.2, 0.25) is 5.02 Å². The fourth-order valence-electron chi connectivity index (χ4n) is 3.21. The number of amides is 3. The number of para-hydroxylation sites is 1. The van der Waals surface area contributed by atoms with E-state index in [1.54, 1.807) is 18.2 Å². The summed E-state index contributed by atoms with van der Waals surface area (Å²) >= 11 is 6.35. The van der Waals surface area contributed by atoms with Crippen LogP contribution in [0, 0.1) is 13.8 Å². The third kappa shape index (κ3) is 5.54. The van der Waals surface area contributed by atoms with Crippen molar-refractivity contribution in [3.05, 3.63) is 52.5 Å². The number of nitrogens with zero attached hydrogens (tertiary/aromatic N) is 1. The minimum atomic E-state index is -0.337. The van der Waals surface area contributed by atoms with E-state index >= 15 is 0 Å². The maximum absolute atomic E-state index is 12.1. The highest BCUT2D eigenvalue weighted by Crippen LogP contribution is 2.29. The number of urea groups is 1. The predicted octanol–water partition coefficient (Wildman–Crippen LogP) is 3.09. The molecule has 1 saturated heterocycles. The fourth-order valence-corrected chi connectivity index (χ4v) is 3.51. The smallest absolute Gasteiger partial charge is 0.319 e. The molecule has 1 heterocycles. The third-order valence-corrected chi connectivity index (χ3v) is 4.93. The van der Waals surface area contributed by atoms with Crippen LogP contribution in [-0.2, 0) is 4.79 Å². The fraction of sp³-hybridized carbons (Fsp3) is 0.333. The molecule has 0 atom stereocenters. The molecule has 0 saturated carbocycles. The highest BCUT2D eigenvalue weighted by atomic mass is 35.5. The van der Waals surface area contributed by atoms with Gasteiger partial charge in [0.05, 0.1) is 23.8 Å². The number of halogens is 1. The zero-order chi connectivity index (χ0) is 20.8. The van der Waals surface area contributed by atoms with Gasteiger partial charge in [0.25, 0.3) is 0 Å². The van der Waals surface area contributed by atoms with Crippen LogP contribution >= 0.6 is 11.6 Å². The molecule has 29 heavy (non-hydrogen) atoms. The maximum Gasteiger partial charge on any atom is 0.319 e. The summed E-state index contributed by atoms with van der Waals surface area (Å²) in [5, 5.41) is 8.78. The van der Waals surface area contributed by atoms with E-state index < -0.39 is 0 Å². The Bertz CT molecular complexity index is 883. The third-order valence-electron chi connectivity index (χ3n) is 4.63. The van der Waals surface area contributed by atoms with E-state index in [9.17, 15) is 9.59 Å². The molecule has 0 aliphatic carbocycles. The van der Waals surface area contributed by atoms with Gasteiger partial charge in [-0.1, -0.05) is 29.8 Å². The summed E-state index contributed by atoms with van der Waals surface area (Å²) < 4.78 is 5.78. The molecule has 8 heteroatoms. The summed E-state index contributed by atoms with van der Waals surface area (Å²) in [7, 11) is 0. The summed E-state index contributed by atoms with van der Waals surface area (Å²) in [5.41, 5.74) is 3.48. The van der Waals surface area contributed by atoms with Gasteiger partial charge in [0, 0.05) is 18.8 Å². The van der Waals surface area contributed by atoms with Gasteiger partial charge in [-0.25, -0.2) is 4.79 Å². The molecule has 3 N–H and O–H groups in total. The first-order valence-electron chi connectivity index (χ1n) is 9.49. The summed E-state index contributed by atoms with van der Waals surface area (Å²) in [6.45, 7) is 6.27. The SMILES string of the molecule is Cc1cccc(C)c1OCCNC(=O)Nc1ccc(N2CCNC(=O)C2)c(Cl)c1. The van der Waals surface area contributed by atoms with Crippen molar-refractivity contribution in [1.82, 2.24) is 10.6 Å². The van der Waals surface area contributed by atoms with Crippen LogP contribution in [0.15, 0.2) is 36.4 Å². The Morgan fingerprint density at radius 1 is 1.24 bits per heavy atom. The number of nitrogens with one attached hydrogen (secondary N) is 3. The molecule has 0 unspecified atom stereocenters. The molecular formula is C21H25ClN4O3. The topological polar surface area (TPSA) is 82.7 Å². The van der Waals surface area contributed by atoms with E-state index in [2.05, 4.69) is 16.0 Å². The van der Waals surface area contributed by atoms with Crippen LogP contribution in [0.4, 0.5) is 16.2 Å². The van der Waals surface area contributed by atoms with Gasteiger partial charge in [-0.2, -0.15) is 0 Å².